The van der Waals surface area contributed by atoms with Gasteiger partial charge < -0.3 is 0 Å². The lowest BCUT2D eigenvalue weighted by Crippen LogP contribution is -2.28. The largest absolute Gasteiger partial charge is 0.272 e. The molecule has 0 bridgehead atoms. The van der Waals surface area contributed by atoms with E-state index in [4.69, 9.17) is 5.26 Å². The van der Waals surface area contributed by atoms with Crippen LogP contribution in [0, 0.1) is 23.3 Å². The average molecular weight is 265 g/mol. The normalized spacial score (nSPS) is 14.1. The van der Waals surface area contributed by atoms with Gasteiger partial charge in [-0.1, -0.05) is 25.0 Å². The average Bonchev–Trinajstić information content (AvgIpc) is 2.49. The van der Waals surface area contributed by atoms with E-state index in [1.807, 2.05) is 19.1 Å². The molecule has 0 atom stereocenters. The third-order valence-corrected chi connectivity index (χ3v) is 2.92. The van der Waals surface area contributed by atoms with Gasteiger partial charge in [-0.25, -0.2) is 0 Å². The van der Waals surface area contributed by atoms with Crippen molar-refractivity contribution in [1.82, 2.24) is 5.01 Å². The van der Waals surface area contributed by atoms with E-state index in [1.54, 1.807) is 12.1 Å². The summed E-state index contributed by atoms with van der Waals surface area (Å²) in [5.41, 5.74) is 2.26. The van der Waals surface area contributed by atoms with Crippen molar-refractivity contribution < 1.29 is 4.79 Å². The van der Waals surface area contributed by atoms with Gasteiger partial charge in [0.05, 0.1) is 17.3 Å². The molecule has 0 N–H and O–H groups in total. The monoisotopic (exact) mass is 265 g/mol. The predicted octanol–water partition coefficient (Wildman–Crippen LogP) is 2.65. The molecule has 0 saturated carbocycles. The number of hydrogen-bond acceptors (Lipinski definition) is 3. The molecule has 0 aromatic heterocycles. The predicted molar refractivity (Wildman–Crippen MR) is 76.5 cm³/mol. The maximum atomic E-state index is 11.8. The Bertz CT molecular complexity index is 644. The molecule has 20 heavy (non-hydrogen) atoms. The Kier molecular flexibility index (Phi) is 4.52. The molecule has 0 fully saturated rings. The Labute approximate surface area is 118 Å². The molecule has 4 heteroatoms. The van der Waals surface area contributed by atoms with E-state index in [9.17, 15) is 4.79 Å². The molecule has 1 aliphatic heterocycles. The SMILES string of the molecule is CCCC#CN1N=C(c2cccc(C#N)c2)CCC1=O. The summed E-state index contributed by atoms with van der Waals surface area (Å²) >= 11 is 0. The van der Waals surface area contributed by atoms with Crippen molar-refractivity contribution in [3.8, 4) is 18.0 Å². The molecule has 1 amide bonds. The van der Waals surface area contributed by atoms with Crippen molar-refractivity contribution in [2.45, 2.75) is 32.6 Å². The summed E-state index contributed by atoms with van der Waals surface area (Å²) in [6.07, 6.45) is 2.68. The zero-order chi connectivity index (χ0) is 14.4. The van der Waals surface area contributed by atoms with Crippen molar-refractivity contribution in [3.63, 3.8) is 0 Å². The van der Waals surface area contributed by atoms with E-state index >= 15 is 0 Å². The molecule has 0 radical (unpaired) electrons. The van der Waals surface area contributed by atoms with Crippen molar-refractivity contribution in [2.75, 3.05) is 0 Å². The van der Waals surface area contributed by atoms with Crippen LogP contribution in [-0.4, -0.2) is 16.6 Å². The van der Waals surface area contributed by atoms with Gasteiger partial charge >= 0.3 is 0 Å². The van der Waals surface area contributed by atoms with E-state index in [0.717, 1.165) is 24.1 Å². The van der Waals surface area contributed by atoms with Crippen LogP contribution in [0.4, 0.5) is 0 Å². The first kappa shape index (κ1) is 13.8. The van der Waals surface area contributed by atoms with E-state index < -0.39 is 0 Å². The minimum absolute atomic E-state index is 0.0752. The number of nitriles is 1. The van der Waals surface area contributed by atoms with E-state index in [2.05, 4.69) is 23.1 Å². The van der Waals surface area contributed by atoms with Crippen LogP contribution in [0.15, 0.2) is 29.4 Å². The Morgan fingerprint density at radius 1 is 1.40 bits per heavy atom. The second-order valence-electron chi connectivity index (χ2n) is 4.48. The highest BCUT2D eigenvalue weighted by atomic mass is 16.2. The summed E-state index contributed by atoms with van der Waals surface area (Å²) in [4.78, 5) is 11.8. The summed E-state index contributed by atoms with van der Waals surface area (Å²) in [5, 5.41) is 14.4. The number of benzene rings is 1. The summed E-state index contributed by atoms with van der Waals surface area (Å²) in [6.45, 7) is 2.04. The van der Waals surface area contributed by atoms with Crippen LogP contribution >= 0.6 is 0 Å². The van der Waals surface area contributed by atoms with Gasteiger partial charge in [0.25, 0.3) is 5.91 Å². The smallest absolute Gasteiger partial charge is 0.255 e. The maximum absolute atomic E-state index is 11.8. The van der Waals surface area contributed by atoms with E-state index in [-0.39, 0.29) is 5.91 Å². The van der Waals surface area contributed by atoms with Crippen LogP contribution < -0.4 is 0 Å². The summed E-state index contributed by atoms with van der Waals surface area (Å²) in [6, 6.07) is 12.1. The fourth-order valence-electron chi connectivity index (χ4n) is 1.87. The molecule has 4 nitrogen and oxygen atoms in total. The molecule has 100 valence electrons. The molecular weight excluding hydrogens is 250 g/mol. The van der Waals surface area contributed by atoms with Gasteiger partial charge in [-0.2, -0.15) is 15.4 Å². The Hall–Kier alpha value is -2.59. The van der Waals surface area contributed by atoms with Gasteiger partial charge in [-0.3, -0.25) is 4.79 Å². The standard InChI is InChI=1S/C16H15N3O/c1-2-3-4-10-19-16(20)9-8-15(18-19)14-7-5-6-13(11-14)12-17/h5-7,11H,2-3,8-9H2,1H3. The van der Waals surface area contributed by atoms with Gasteiger partial charge in [0.1, 0.15) is 0 Å². The van der Waals surface area contributed by atoms with Crippen molar-refractivity contribution in [3.05, 3.63) is 35.4 Å². The van der Waals surface area contributed by atoms with Crippen LogP contribution in [0.5, 0.6) is 0 Å². The first-order valence-electron chi connectivity index (χ1n) is 6.64. The highest BCUT2D eigenvalue weighted by Gasteiger charge is 2.20. The van der Waals surface area contributed by atoms with Crippen molar-refractivity contribution >= 4 is 11.6 Å². The molecule has 1 aromatic rings. The number of rotatable bonds is 2. The van der Waals surface area contributed by atoms with Crippen LogP contribution in [0.2, 0.25) is 0 Å². The summed E-state index contributed by atoms with van der Waals surface area (Å²) in [5.74, 6) is 2.85. The van der Waals surface area contributed by atoms with E-state index in [1.165, 1.54) is 5.01 Å². The lowest BCUT2D eigenvalue weighted by molar-refractivity contribution is -0.128. The van der Waals surface area contributed by atoms with Crippen LogP contribution in [-0.2, 0) is 4.79 Å². The third kappa shape index (κ3) is 3.24. The fourth-order valence-corrected chi connectivity index (χ4v) is 1.87. The Balaban J connectivity index is 2.27. The number of nitrogens with zero attached hydrogens (tertiary/aromatic N) is 3. The number of hydrogen-bond donors (Lipinski definition) is 0. The van der Waals surface area contributed by atoms with Crippen LogP contribution in [0.3, 0.4) is 0 Å². The second kappa shape index (κ2) is 6.54. The van der Waals surface area contributed by atoms with Gasteiger partial charge in [-0.15, -0.1) is 0 Å². The lowest BCUT2D eigenvalue weighted by Gasteiger charge is -2.18. The molecule has 1 aliphatic rings. The van der Waals surface area contributed by atoms with Crippen molar-refractivity contribution in [2.24, 2.45) is 5.10 Å². The number of amides is 1. The first-order chi connectivity index (χ1) is 9.74. The summed E-state index contributed by atoms with van der Waals surface area (Å²) in [7, 11) is 0. The molecule has 0 spiro atoms. The third-order valence-electron chi connectivity index (χ3n) is 2.92. The molecule has 2 rings (SSSR count). The number of hydrazone groups is 1. The van der Waals surface area contributed by atoms with Gasteiger partial charge in [0.15, 0.2) is 0 Å². The molecule has 0 unspecified atom stereocenters. The van der Waals surface area contributed by atoms with Crippen LogP contribution in [0.1, 0.15) is 43.7 Å². The highest BCUT2D eigenvalue weighted by Crippen LogP contribution is 2.15. The number of carbonyl (C=O) groups excluding carboxylic acids is 1. The minimum Gasteiger partial charge on any atom is -0.272 e. The first-order valence-corrected chi connectivity index (χ1v) is 6.64. The molecule has 0 aliphatic carbocycles. The van der Waals surface area contributed by atoms with Gasteiger partial charge in [0.2, 0.25) is 0 Å². The molecule has 1 heterocycles. The molecular formula is C16H15N3O. The maximum Gasteiger partial charge on any atom is 0.255 e. The second-order valence-corrected chi connectivity index (χ2v) is 4.48. The Morgan fingerprint density at radius 2 is 2.25 bits per heavy atom. The topological polar surface area (TPSA) is 56.5 Å². The van der Waals surface area contributed by atoms with E-state index in [0.29, 0.717) is 18.4 Å². The Morgan fingerprint density at radius 3 is 3.00 bits per heavy atom. The lowest BCUT2D eigenvalue weighted by atomic mass is 10.0. The zero-order valence-corrected chi connectivity index (χ0v) is 11.4. The fraction of sp³-hybridized carbons (Fsp3) is 0.312. The van der Waals surface area contributed by atoms with Gasteiger partial charge in [-0.05, 0) is 24.1 Å². The zero-order valence-electron chi connectivity index (χ0n) is 11.4. The van der Waals surface area contributed by atoms with Crippen LogP contribution in [0.25, 0.3) is 0 Å². The minimum atomic E-state index is -0.0752. The number of unbranched alkanes of at least 4 members (excludes halogenated alkanes) is 1. The quantitative estimate of drug-likeness (QED) is 0.772. The molecule has 1 aromatic carbocycles. The summed E-state index contributed by atoms with van der Waals surface area (Å²) < 4.78 is 0. The van der Waals surface area contributed by atoms with Crippen molar-refractivity contribution in [1.29, 1.82) is 5.26 Å². The van der Waals surface area contributed by atoms with Gasteiger partial charge in [0, 0.05) is 25.3 Å². The number of carbonyl (C=O) groups is 1. The molecule has 0 saturated heterocycles. The highest BCUT2D eigenvalue weighted by molar-refractivity contribution is 6.04.